The van der Waals surface area contributed by atoms with E-state index in [2.05, 4.69) is 10.3 Å². The van der Waals surface area contributed by atoms with Gasteiger partial charge in [0.1, 0.15) is 11.6 Å². The standard InChI is InChI=1S/C25H27F2N3O4.ClH/c1-3-32-20-9-7-16(10-21(20)33-13-15-4-5-15)25-30-22(23(34-25)14(2)28)24(31)29-12-17-6-8-18(26)11-19(17)27;/h6-11,14-15H,3-5,12-13,28H2,1-2H3,(H,29,31);1H. The summed E-state index contributed by atoms with van der Waals surface area (Å²) in [5.74, 6) is 0.124. The van der Waals surface area contributed by atoms with Gasteiger partial charge in [0.2, 0.25) is 5.89 Å². The van der Waals surface area contributed by atoms with Crippen molar-refractivity contribution in [2.45, 2.75) is 39.3 Å². The molecule has 0 bridgehead atoms. The third-order valence-electron chi connectivity index (χ3n) is 5.40. The second-order valence-corrected chi connectivity index (χ2v) is 8.29. The second-order valence-electron chi connectivity index (χ2n) is 8.29. The first kappa shape index (κ1) is 26.4. The Hall–Kier alpha value is -3.17. The first-order valence-corrected chi connectivity index (χ1v) is 11.2. The molecule has 0 spiro atoms. The van der Waals surface area contributed by atoms with Gasteiger partial charge in [0.05, 0.1) is 19.3 Å². The van der Waals surface area contributed by atoms with E-state index >= 15 is 0 Å². The lowest BCUT2D eigenvalue weighted by Gasteiger charge is -2.12. The van der Waals surface area contributed by atoms with Crippen LogP contribution in [0, 0.1) is 17.6 Å². The van der Waals surface area contributed by atoms with Crippen LogP contribution in [-0.4, -0.2) is 24.1 Å². The second kappa shape index (κ2) is 11.5. The topological polar surface area (TPSA) is 99.6 Å². The van der Waals surface area contributed by atoms with Gasteiger partial charge in [-0.15, -0.1) is 12.4 Å². The van der Waals surface area contributed by atoms with E-state index in [1.54, 1.807) is 25.1 Å². The van der Waals surface area contributed by atoms with Crippen molar-refractivity contribution in [2.24, 2.45) is 11.7 Å². The summed E-state index contributed by atoms with van der Waals surface area (Å²) >= 11 is 0. The summed E-state index contributed by atoms with van der Waals surface area (Å²) in [4.78, 5) is 17.2. The van der Waals surface area contributed by atoms with E-state index in [1.165, 1.54) is 6.07 Å². The molecule has 1 aromatic heterocycles. The van der Waals surface area contributed by atoms with E-state index in [1.807, 2.05) is 6.92 Å². The van der Waals surface area contributed by atoms with E-state index < -0.39 is 23.6 Å². The number of nitrogens with two attached hydrogens (primary N) is 1. The summed E-state index contributed by atoms with van der Waals surface area (Å²) in [6, 6.07) is 7.85. The zero-order valence-corrected chi connectivity index (χ0v) is 20.3. The fraction of sp³-hybridized carbons (Fsp3) is 0.360. The van der Waals surface area contributed by atoms with Crippen molar-refractivity contribution in [2.75, 3.05) is 13.2 Å². The van der Waals surface area contributed by atoms with Crippen molar-refractivity contribution in [1.29, 1.82) is 0 Å². The minimum Gasteiger partial charge on any atom is -0.490 e. The van der Waals surface area contributed by atoms with Crippen molar-refractivity contribution >= 4 is 18.3 Å². The number of nitrogens with one attached hydrogen (secondary N) is 1. The molecule has 10 heteroatoms. The van der Waals surface area contributed by atoms with Crippen LogP contribution >= 0.6 is 12.4 Å². The largest absolute Gasteiger partial charge is 0.490 e. The predicted molar refractivity (Wildman–Crippen MR) is 129 cm³/mol. The normalized spacial score (nSPS) is 13.6. The quantitative estimate of drug-likeness (QED) is 0.392. The number of benzene rings is 2. The molecule has 0 aliphatic heterocycles. The molecular weight excluding hydrogens is 480 g/mol. The summed E-state index contributed by atoms with van der Waals surface area (Å²) in [5.41, 5.74) is 6.76. The molecular formula is C25H28ClF2N3O4. The number of amides is 1. The van der Waals surface area contributed by atoms with Crippen molar-refractivity contribution in [3.8, 4) is 23.0 Å². The molecule has 1 atom stereocenters. The number of rotatable bonds is 10. The molecule has 3 N–H and O–H groups in total. The van der Waals surface area contributed by atoms with Crippen LogP contribution in [0.15, 0.2) is 40.8 Å². The third kappa shape index (κ3) is 6.49. The van der Waals surface area contributed by atoms with Gasteiger partial charge >= 0.3 is 0 Å². The highest BCUT2D eigenvalue weighted by atomic mass is 35.5. The molecule has 1 saturated carbocycles. The zero-order chi connectivity index (χ0) is 24.2. The van der Waals surface area contributed by atoms with Gasteiger partial charge in [0, 0.05) is 23.7 Å². The number of aromatic nitrogens is 1. The van der Waals surface area contributed by atoms with Crippen LogP contribution in [0.25, 0.3) is 11.5 Å². The highest BCUT2D eigenvalue weighted by Crippen LogP contribution is 2.36. The lowest BCUT2D eigenvalue weighted by molar-refractivity contribution is 0.0943. The molecule has 0 saturated heterocycles. The van der Waals surface area contributed by atoms with Crippen molar-refractivity contribution < 1.29 is 27.5 Å². The van der Waals surface area contributed by atoms with Gasteiger partial charge in [-0.2, -0.15) is 0 Å². The monoisotopic (exact) mass is 507 g/mol. The van der Waals surface area contributed by atoms with Crippen LogP contribution in [0.1, 0.15) is 54.5 Å². The number of carbonyl (C=O) groups excluding carboxylic acids is 1. The minimum atomic E-state index is -0.748. The molecule has 1 fully saturated rings. The van der Waals surface area contributed by atoms with Gasteiger partial charge < -0.3 is 24.9 Å². The van der Waals surface area contributed by atoms with E-state index in [4.69, 9.17) is 19.6 Å². The molecule has 1 heterocycles. The molecule has 7 nitrogen and oxygen atoms in total. The van der Waals surface area contributed by atoms with Crippen molar-refractivity contribution in [3.63, 3.8) is 0 Å². The van der Waals surface area contributed by atoms with E-state index in [0.29, 0.717) is 36.2 Å². The maximum absolute atomic E-state index is 13.9. The van der Waals surface area contributed by atoms with Gasteiger partial charge in [-0.05, 0) is 56.9 Å². The first-order valence-electron chi connectivity index (χ1n) is 11.2. The Balaban J connectivity index is 0.00000342. The average Bonchev–Trinajstić information content (AvgIpc) is 3.52. The van der Waals surface area contributed by atoms with Crippen molar-refractivity contribution in [3.05, 3.63) is 65.1 Å². The number of hydrogen-bond acceptors (Lipinski definition) is 6. The van der Waals surface area contributed by atoms with Gasteiger partial charge in [0.25, 0.3) is 5.91 Å². The third-order valence-corrected chi connectivity index (χ3v) is 5.40. The molecule has 3 aromatic rings. The highest BCUT2D eigenvalue weighted by molar-refractivity contribution is 5.94. The summed E-state index contributed by atoms with van der Waals surface area (Å²) in [5, 5.41) is 2.59. The van der Waals surface area contributed by atoms with Crippen LogP contribution in [0.2, 0.25) is 0 Å². The number of halogens is 3. The van der Waals surface area contributed by atoms with Gasteiger partial charge in [-0.3, -0.25) is 4.79 Å². The lowest BCUT2D eigenvalue weighted by Crippen LogP contribution is -2.25. The van der Waals surface area contributed by atoms with Crippen LogP contribution in [0.3, 0.4) is 0 Å². The lowest BCUT2D eigenvalue weighted by atomic mass is 10.2. The Morgan fingerprint density at radius 1 is 1.20 bits per heavy atom. The molecule has 35 heavy (non-hydrogen) atoms. The van der Waals surface area contributed by atoms with E-state index in [-0.39, 0.29) is 41.9 Å². The van der Waals surface area contributed by atoms with E-state index in [0.717, 1.165) is 25.0 Å². The average molecular weight is 508 g/mol. The highest BCUT2D eigenvalue weighted by Gasteiger charge is 2.25. The molecule has 1 aliphatic carbocycles. The smallest absolute Gasteiger partial charge is 0.273 e. The van der Waals surface area contributed by atoms with Crippen LogP contribution in [-0.2, 0) is 6.54 Å². The SMILES string of the molecule is CCOc1ccc(-c2nc(C(=O)NCc3ccc(F)cc3F)c(C(C)N)o2)cc1OCC1CC1.Cl. The minimum absolute atomic E-state index is 0. The molecule has 0 radical (unpaired) electrons. The zero-order valence-electron chi connectivity index (χ0n) is 19.5. The maximum Gasteiger partial charge on any atom is 0.273 e. The van der Waals surface area contributed by atoms with Gasteiger partial charge in [0.15, 0.2) is 23.0 Å². The molecule has 1 aliphatic rings. The van der Waals surface area contributed by atoms with Crippen LogP contribution in [0.4, 0.5) is 8.78 Å². The Bertz CT molecular complexity index is 1180. The summed E-state index contributed by atoms with van der Waals surface area (Å²) in [6.45, 7) is 4.51. The molecule has 4 rings (SSSR count). The summed E-state index contributed by atoms with van der Waals surface area (Å²) in [7, 11) is 0. The molecule has 188 valence electrons. The number of ether oxygens (including phenoxy) is 2. The fourth-order valence-electron chi connectivity index (χ4n) is 3.37. The maximum atomic E-state index is 13.9. The fourth-order valence-corrected chi connectivity index (χ4v) is 3.37. The van der Waals surface area contributed by atoms with Crippen LogP contribution in [0.5, 0.6) is 11.5 Å². The molecule has 2 aromatic carbocycles. The molecule has 1 unspecified atom stereocenters. The Kier molecular flexibility index (Phi) is 8.69. The number of nitrogens with zero attached hydrogens (tertiary/aromatic N) is 1. The van der Waals surface area contributed by atoms with Crippen LogP contribution < -0.4 is 20.5 Å². The Labute approximate surface area is 208 Å². The summed E-state index contributed by atoms with van der Waals surface area (Å²) < 4.78 is 44.5. The first-order chi connectivity index (χ1) is 16.4. The van der Waals surface area contributed by atoms with Gasteiger partial charge in [-0.25, -0.2) is 13.8 Å². The van der Waals surface area contributed by atoms with Gasteiger partial charge in [-0.1, -0.05) is 6.07 Å². The summed E-state index contributed by atoms with van der Waals surface area (Å²) in [6.07, 6.45) is 2.31. The number of carbonyl (C=O) groups is 1. The number of hydrogen-bond donors (Lipinski definition) is 2. The van der Waals surface area contributed by atoms with E-state index in [9.17, 15) is 13.6 Å². The Morgan fingerprint density at radius 3 is 2.63 bits per heavy atom. The van der Waals surface area contributed by atoms with Crippen molar-refractivity contribution in [1.82, 2.24) is 10.3 Å². The predicted octanol–water partition coefficient (Wildman–Crippen LogP) is 5.18. The Morgan fingerprint density at radius 2 is 1.97 bits per heavy atom. The number of oxazole rings is 1. The molecule has 1 amide bonds.